The molecule has 0 fully saturated rings. The average molecular weight is 473 g/mol. The smallest absolute Gasteiger partial charge is 0.308 e. The molecule has 0 aliphatic rings. The lowest BCUT2D eigenvalue weighted by atomic mass is 10.1. The Labute approximate surface area is 201 Å². The molecule has 8 heteroatoms. The third kappa shape index (κ3) is 4.51. The van der Waals surface area contributed by atoms with Crippen molar-refractivity contribution in [2.45, 2.75) is 12.8 Å². The molecule has 2 heterocycles. The number of fused-ring (bicyclic) bond motifs is 1. The summed E-state index contributed by atoms with van der Waals surface area (Å²) >= 11 is 6.07. The molecule has 0 atom stereocenters. The zero-order valence-electron chi connectivity index (χ0n) is 18.4. The molecule has 0 spiro atoms. The highest BCUT2D eigenvalue weighted by Crippen LogP contribution is 2.29. The molecule has 3 aromatic carbocycles. The molecular formula is C26H21ClN4O3. The molecule has 0 radical (unpaired) electrons. The van der Waals surface area contributed by atoms with Gasteiger partial charge >= 0.3 is 6.01 Å². The zero-order chi connectivity index (χ0) is 23.5. The Morgan fingerprint density at radius 3 is 2.59 bits per heavy atom. The van der Waals surface area contributed by atoms with Crippen molar-refractivity contribution in [2.24, 2.45) is 0 Å². The number of hydrogen-bond acceptors (Lipinski definition) is 5. The predicted molar refractivity (Wildman–Crippen MR) is 132 cm³/mol. The van der Waals surface area contributed by atoms with E-state index in [9.17, 15) is 4.79 Å². The number of nitrogens with one attached hydrogen (secondary N) is 1. The van der Waals surface area contributed by atoms with Crippen molar-refractivity contribution < 1.29 is 13.9 Å². The molecule has 170 valence electrons. The first-order chi connectivity index (χ1) is 16.6. The first-order valence-electron chi connectivity index (χ1n) is 10.7. The largest absolute Gasteiger partial charge is 0.497 e. The number of anilines is 1. The van der Waals surface area contributed by atoms with Crippen molar-refractivity contribution in [2.75, 3.05) is 12.4 Å². The number of nitrogens with zero attached hydrogens (tertiary/aromatic N) is 3. The Kier molecular flexibility index (Phi) is 6.01. The van der Waals surface area contributed by atoms with Gasteiger partial charge in [0.2, 0.25) is 5.91 Å². The highest BCUT2D eigenvalue weighted by molar-refractivity contribution is 6.30. The summed E-state index contributed by atoms with van der Waals surface area (Å²) < 4.78 is 13.1. The summed E-state index contributed by atoms with van der Waals surface area (Å²) in [4.78, 5) is 21.8. The van der Waals surface area contributed by atoms with Crippen LogP contribution in [0.3, 0.4) is 0 Å². The van der Waals surface area contributed by atoms with Crippen molar-refractivity contribution >= 4 is 34.2 Å². The van der Waals surface area contributed by atoms with Crippen molar-refractivity contribution in [1.82, 2.24) is 14.5 Å². The van der Waals surface area contributed by atoms with Crippen LogP contribution in [0, 0.1) is 0 Å². The second kappa shape index (κ2) is 9.41. The predicted octanol–water partition coefficient (Wildman–Crippen LogP) is 5.91. The van der Waals surface area contributed by atoms with E-state index >= 15 is 0 Å². The van der Waals surface area contributed by atoms with Gasteiger partial charge in [-0.2, -0.15) is 4.98 Å². The Morgan fingerprint density at radius 1 is 1.06 bits per heavy atom. The number of imidazole rings is 1. The summed E-state index contributed by atoms with van der Waals surface area (Å²) in [5.74, 6) is 1.21. The first-order valence-corrected chi connectivity index (χ1v) is 11.1. The molecule has 34 heavy (non-hydrogen) atoms. The van der Waals surface area contributed by atoms with Gasteiger partial charge in [-0.3, -0.25) is 9.36 Å². The van der Waals surface area contributed by atoms with Gasteiger partial charge in [-0.05, 0) is 48.5 Å². The third-order valence-electron chi connectivity index (χ3n) is 5.42. The molecule has 0 bridgehead atoms. The van der Waals surface area contributed by atoms with Gasteiger partial charge in [0.25, 0.3) is 0 Å². The van der Waals surface area contributed by atoms with Crippen molar-refractivity contribution in [3.05, 3.63) is 89.9 Å². The van der Waals surface area contributed by atoms with Gasteiger partial charge in [-0.1, -0.05) is 35.9 Å². The van der Waals surface area contributed by atoms with Crippen LogP contribution in [0.4, 0.5) is 5.69 Å². The molecule has 5 rings (SSSR count). The summed E-state index contributed by atoms with van der Waals surface area (Å²) in [5.41, 5.74) is 3.95. The minimum Gasteiger partial charge on any atom is -0.497 e. The van der Waals surface area contributed by atoms with Crippen LogP contribution in [0.1, 0.15) is 12.2 Å². The molecule has 0 aliphatic carbocycles. The van der Waals surface area contributed by atoms with Crippen LogP contribution in [-0.4, -0.2) is 27.6 Å². The SMILES string of the molecule is COc1ccc(NC(=O)CCc2oc(-n3cnc4ccccc43)nc2-c2ccc(Cl)cc2)cc1. The molecule has 7 nitrogen and oxygen atoms in total. The normalized spacial score (nSPS) is 11.0. The van der Waals surface area contributed by atoms with Gasteiger partial charge in [0.05, 0.1) is 18.1 Å². The second-order valence-electron chi connectivity index (χ2n) is 7.66. The molecule has 1 amide bonds. The molecular weight excluding hydrogens is 452 g/mol. The quantitative estimate of drug-likeness (QED) is 0.318. The third-order valence-corrected chi connectivity index (χ3v) is 5.67. The molecule has 1 N–H and O–H groups in total. The van der Waals surface area contributed by atoms with Crippen LogP contribution in [0.25, 0.3) is 28.3 Å². The summed E-state index contributed by atoms with van der Waals surface area (Å²) in [6.07, 6.45) is 2.29. The number of aromatic nitrogens is 3. The van der Waals surface area contributed by atoms with Crippen LogP contribution in [0.5, 0.6) is 5.75 Å². The van der Waals surface area contributed by atoms with E-state index in [-0.39, 0.29) is 12.3 Å². The van der Waals surface area contributed by atoms with Crippen LogP contribution in [0.15, 0.2) is 83.5 Å². The Hall–Kier alpha value is -4.10. The van der Waals surface area contributed by atoms with E-state index in [1.165, 1.54) is 0 Å². The molecule has 0 saturated carbocycles. The summed E-state index contributed by atoms with van der Waals surface area (Å²) in [6, 6.07) is 22.7. The average Bonchev–Trinajstić information content (AvgIpc) is 3.48. The molecule has 0 unspecified atom stereocenters. The first kappa shape index (κ1) is 21.7. The number of carbonyl (C=O) groups excluding carboxylic acids is 1. The van der Waals surface area contributed by atoms with Gasteiger partial charge in [-0.15, -0.1) is 0 Å². The van der Waals surface area contributed by atoms with E-state index < -0.39 is 0 Å². The van der Waals surface area contributed by atoms with E-state index in [4.69, 9.17) is 25.7 Å². The highest BCUT2D eigenvalue weighted by atomic mass is 35.5. The molecule has 0 aliphatic heterocycles. The van der Waals surface area contributed by atoms with Crippen LogP contribution < -0.4 is 10.1 Å². The summed E-state index contributed by atoms with van der Waals surface area (Å²) in [6.45, 7) is 0. The number of halogens is 1. The van der Waals surface area contributed by atoms with Crippen LogP contribution >= 0.6 is 11.6 Å². The number of hydrogen-bond donors (Lipinski definition) is 1. The van der Waals surface area contributed by atoms with E-state index in [2.05, 4.69) is 10.3 Å². The van der Waals surface area contributed by atoms with E-state index in [1.54, 1.807) is 54.4 Å². The lowest BCUT2D eigenvalue weighted by Gasteiger charge is -2.06. The van der Waals surface area contributed by atoms with E-state index in [0.717, 1.165) is 22.3 Å². The topological polar surface area (TPSA) is 82.2 Å². The zero-order valence-corrected chi connectivity index (χ0v) is 19.1. The second-order valence-corrected chi connectivity index (χ2v) is 8.09. The maximum absolute atomic E-state index is 12.6. The lowest BCUT2D eigenvalue weighted by Crippen LogP contribution is -2.12. The number of oxazole rings is 1. The lowest BCUT2D eigenvalue weighted by molar-refractivity contribution is -0.116. The van der Waals surface area contributed by atoms with Crippen molar-refractivity contribution in [3.8, 4) is 23.0 Å². The standard InChI is InChI=1S/C26H21ClN4O3/c1-33-20-12-10-19(11-13-20)29-24(32)15-14-23-25(17-6-8-18(27)9-7-17)30-26(34-23)31-16-28-21-4-2-3-5-22(21)31/h2-13,16H,14-15H2,1H3,(H,29,32). The maximum atomic E-state index is 12.6. The minimum atomic E-state index is -0.127. The number of aryl methyl sites for hydroxylation is 1. The fraction of sp³-hybridized carbons (Fsp3) is 0.115. The summed E-state index contributed by atoms with van der Waals surface area (Å²) in [5, 5.41) is 3.53. The Balaban J connectivity index is 1.41. The number of para-hydroxylation sites is 2. The number of benzene rings is 3. The fourth-order valence-corrected chi connectivity index (χ4v) is 3.81. The van der Waals surface area contributed by atoms with E-state index in [0.29, 0.717) is 34.6 Å². The number of methoxy groups -OCH3 is 1. The van der Waals surface area contributed by atoms with Gasteiger partial charge in [0, 0.05) is 29.1 Å². The maximum Gasteiger partial charge on any atom is 0.308 e. The highest BCUT2D eigenvalue weighted by Gasteiger charge is 2.19. The molecule has 5 aromatic rings. The monoisotopic (exact) mass is 472 g/mol. The Morgan fingerprint density at radius 2 is 1.82 bits per heavy atom. The van der Waals surface area contributed by atoms with Gasteiger partial charge < -0.3 is 14.5 Å². The number of carbonyl (C=O) groups is 1. The number of rotatable bonds is 7. The number of amides is 1. The van der Waals surface area contributed by atoms with Gasteiger partial charge in [-0.25, -0.2) is 4.98 Å². The van der Waals surface area contributed by atoms with Gasteiger partial charge in [0.1, 0.15) is 23.5 Å². The van der Waals surface area contributed by atoms with Crippen molar-refractivity contribution in [3.63, 3.8) is 0 Å². The van der Waals surface area contributed by atoms with Crippen molar-refractivity contribution in [1.29, 1.82) is 0 Å². The van der Waals surface area contributed by atoms with E-state index in [1.807, 2.05) is 36.4 Å². The van der Waals surface area contributed by atoms with Crippen LogP contribution in [-0.2, 0) is 11.2 Å². The van der Waals surface area contributed by atoms with Gasteiger partial charge in [0.15, 0.2) is 0 Å². The summed E-state index contributed by atoms with van der Waals surface area (Å²) in [7, 11) is 1.60. The van der Waals surface area contributed by atoms with Crippen LogP contribution in [0.2, 0.25) is 5.02 Å². The number of ether oxygens (including phenoxy) is 1. The minimum absolute atomic E-state index is 0.127. The molecule has 0 saturated heterocycles. The molecule has 2 aromatic heterocycles. The Bertz CT molecular complexity index is 1440. The fourth-order valence-electron chi connectivity index (χ4n) is 3.68.